The van der Waals surface area contributed by atoms with Gasteiger partial charge in [0.15, 0.2) is 0 Å². The van der Waals surface area contributed by atoms with E-state index < -0.39 is 0 Å². The Kier molecular flexibility index (Phi) is 4.77. The van der Waals surface area contributed by atoms with Crippen molar-refractivity contribution in [1.82, 2.24) is 15.2 Å². The first kappa shape index (κ1) is 12.8. The smallest absolute Gasteiger partial charge is 0.0634 e. The normalized spacial score (nSPS) is 17.6. The molecule has 1 aliphatic heterocycles. The zero-order valence-electron chi connectivity index (χ0n) is 10.3. The molecule has 1 fully saturated rings. The number of halogens is 1. The molecule has 17 heavy (non-hydrogen) atoms. The fourth-order valence-electron chi connectivity index (χ4n) is 2.39. The molecule has 3 nitrogen and oxygen atoms in total. The summed E-state index contributed by atoms with van der Waals surface area (Å²) < 4.78 is 0. The molecule has 0 aromatic carbocycles. The number of nitrogens with one attached hydrogen (secondary N) is 1. The van der Waals surface area contributed by atoms with Gasteiger partial charge in [-0.1, -0.05) is 11.6 Å². The van der Waals surface area contributed by atoms with Crippen LogP contribution in [-0.2, 0) is 6.54 Å². The Bertz CT molecular complexity index is 350. The standard InChI is InChI=1S/C13H20ClN3/c1-17(9-11-2-5-15-6-3-11)10-12-4-7-16-8-13(12)14/h4,7-8,11,15H,2-3,5-6,9-10H2,1H3. The number of nitrogens with zero attached hydrogens (tertiary/aromatic N) is 2. The number of hydrogen-bond donors (Lipinski definition) is 1. The summed E-state index contributed by atoms with van der Waals surface area (Å²) in [5.41, 5.74) is 1.16. The molecule has 0 bridgehead atoms. The maximum Gasteiger partial charge on any atom is 0.0634 e. The average Bonchev–Trinajstić information content (AvgIpc) is 2.33. The maximum atomic E-state index is 6.11. The van der Waals surface area contributed by atoms with Gasteiger partial charge in [0.2, 0.25) is 0 Å². The van der Waals surface area contributed by atoms with E-state index in [-0.39, 0.29) is 0 Å². The van der Waals surface area contributed by atoms with E-state index in [9.17, 15) is 0 Å². The van der Waals surface area contributed by atoms with Gasteiger partial charge in [-0.25, -0.2) is 0 Å². The lowest BCUT2D eigenvalue weighted by atomic mass is 9.97. The van der Waals surface area contributed by atoms with E-state index in [1.165, 1.54) is 12.8 Å². The molecule has 94 valence electrons. The van der Waals surface area contributed by atoms with E-state index in [0.29, 0.717) is 0 Å². The molecule has 0 radical (unpaired) electrons. The quantitative estimate of drug-likeness (QED) is 0.892. The highest BCUT2D eigenvalue weighted by Gasteiger charge is 2.15. The van der Waals surface area contributed by atoms with Crippen molar-refractivity contribution < 1.29 is 0 Å². The minimum absolute atomic E-state index is 0.768. The second kappa shape index (κ2) is 6.34. The van der Waals surface area contributed by atoms with Crippen molar-refractivity contribution in [2.45, 2.75) is 19.4 Å². The number of hydrogen-bond acceptors (Lipinski definition) is 3. The van der Waals surface area contributed by atoms with E-state index in [1.807, 2.05) is 6.07 Å². The molecule has 1 saturated heterocycles. The van der Waals surface area contributed by atoms with E-state index >= 15 is 0 Å². The Balaban J connectivity index is 1.84. The number of piperidine rings is 1. The molecule has 4 heteroatoms. The molecule has 0 aliphatic carbocycles. The fourth-order valence-corrected chi connectivity index (χ4v) is 2.57. The highest BCUT2D eigenvalue weighted by atomic mass is 35.5. The summed E-state index contributed by atoms with van der Waals surface area (Å²) in [4.78, 5) is 6.37. The van der Waals surface area contributed by atoms with E-state index in [2.05, 4.69) is 22.2 Å². The van der Waals surface area contributed by atoms with Crippen LogP contribution in [0.1, 0.15) is 18.4 Å². The van der Waals surface area contributed by atoms with Crippen molar-refractivity contribution in [3.63, 3.8) is 0 Å². The van der Waals surface area contributed by atoms with Crippen LogP contribution in [0.15, 0.2) is 18.5 Å². The Labute approximate surface area is 108 Å². The van der Waals surface area contributed by atoms with Gasteiger partial charge in [-0.3, -0.25) is 4.98 Å². The van der Waals surface area contributed by atoms with Gasteiger partial charge >= 0.3 is 0 Å². The third-order valence-electron chi connectivity index (χ3n) is 3.33. The Morgan fingerprint density at radius 3 is 2.94 bits per heavy atom. The molecular weight excluding hydrogens is 234 g/mol. The molecule has 0 spiro atoms. The van der Waals surface area contributed by atoms with E-state index in [4.69, 9.17) is 11.6 Å². The zero-order chi connectivity index (χ0) is 12.1. The summed E-state index contributed by atoms with van der Waals surface area (Å²) in [6.07, 6.45) is 6.09. The van der Waals surface area contributed by atoms with Crippen molar-refractivity contribution in [3.05, 3.63) is 29.0 Å². The molecule has 1 aliphatic rings. The van der Waals surface area contributed by atoms with Crippen molar-refractivity contribution >= 4 is 11.6 Å². The van der Waals surface area contributed by atoms with Gasteiger partial charge in [-0.15, -0.1) is 0 Å². The van der Waals surface area contributed by atoms with Crippen LogP contribution in [0.3, 0.4) is 0 Å². The maximum absolute atomic E-state index is 6.11. The predicted molar refractivity (Wildman–Crippen MR) is 71.2 cm³/mol. The predicted octanol–water partition coefficient (Wildman–Crippen LogP) is 2.17. The molecule has 0 saturated carbocycles. The van der Waals surface area contributed by atoms with Gasteiger partial charge in [-0.05, 0) is 50.5 Å². The highest BCUT2D eigenvalue weighted by molar-refractivity contribution is 6.31. The van der Waals surface area contributed by atoms with E-state index in [1.54, 1.807) is 12.4 Å². The molecule has 2 rings (SSSR count). The van der Waals surface area contributed by atoms with Gasteiger partial charge in [0.25, 0.3) is 0 Å². The Morgan fingerprint density at radius 2 is 2.24 bits per heavy atom. The van der Waals surface area contributed by atoms with Crippen LogP contribution in [-0.4, -0.2) is 36.6 Å². The lowest BCUT2D eigenvalue weighted by molar-refractivity contribution is 0.234. The third kappa shape index (κ3) is 3.95. The van der Waals surface area contributed by atoms with Gasteiger partial charge < -0.3 is 10.2 Å². The highest BCUT2D eigenvalue weighted by Crippen LogP contribution is 2.17. The molecule has 1 aromatic heterocycles. The zero-order valence-corrected chi connectivity index (χ0v) is 11.1. The summed E-state index contributed by atoms with van der Waals surface area (Å²) >= 11 is 6.11. The van der Waals surface area contributed by atoms with Crippen molar-refractivity contribution in [2.75, 3.05) is 26.7 Å². The van der Waals surface area contributed by atoms with E-state index in [0.717, 1.165) is 42.7 Å². The second-order valence-electron chi connectivity index (χ2n) is 4.86. The van der Waals surface area contributed by atoms with Gasteiger partial charge in [0, 0.05) is 25.5 Å². The van der Waals surface area contributed by atoms with Gasteiger partial charge in [0.05, 0.1) is 5.02 Å². The topological polar surface area (TPSA) is 28.2 Å². The van der Waals surface area contributed by atoms with Gasteiger partial charge in [-0.2, -0.15) is 0 Å². The molecule has 1 N–H and O–H groups in total. The van der Waals surface area contributed by atoms with Crippen molar-refractivity contribution in [3.8, 4) is 0 Å². The first-order valence-electron chi connectivity index (χ1n) is 6.23. The summed E-state index contributed by atoms with van der Waals surface area (Å²) in [6, 6.07) is 2.00. The molecule has 0 unspecified atom stereocenters. The van der Waals surface area contributed by atoms with Crippen LogP contribution >= 0.6 is 11.6 Å². The Hall–Kier alpha value is -0.640. The van der Waals surface area contributed by atoms with Crippen LogP contribution in [0.2, 0.25) is 5.02 Å². The molecular formula is C13H20ClN3. The average molecular weight is 254 g/mol. The summed E-state index contributed by atoms with van der Waals surface area (Å²) in [7, 11) is 2.17. The van der Waals surface area contributed by atoms with Crippen LogP contribution in [0.25, 0.3) is 0 Å². The second-order valence-corrected chi connectivity index (χ2v) is 5.26. The lowest BCUT2D eigenvalue weighted by Gasteiger charge is -2.27. The SMILES string of the molecule is CN(Cc1ccncc1Cl)CC1CCNCC1. The van der Waals surface area contributed by atoms with Gasteiger partial charge in [0.1, 0.15) is 0 Å². The minimum Gasteiger partial charge on any atom is -0.317 e. The van der Waals surface area contributed by atoms with Crippen molar-refractivity contribution in [1.29, 1.82) is 0 Å². The molecule has 2 heterocycles. The van der Waals surface area contributed by atoms with Crippen LogP contribution in [0.5, 0.6) is 0 Å². The first-order chi connectivity index (χ1) is 8.25. The third-order valence-corrected chi connectivity index (χ3v) is 3.67. The number of pyridine rings is 1. The summed E-state index contributed by atoms with van der Waals surface area (Å²) in [5.74, 6) is 0.821. The fraction of sp³-hybridized carbons (Fsp3) is 0.615. The van der Waals surface area contributed by atoms with Crippen molar-refractivity contribution in [2.24, 2.45) is 5.92 Å². The molecule has 0 amide bonds. The largest absolute Gasteiger partial charge is 0.317 e. The lowest BCUT2D eigenvalue weighted by Crippen LogP contribution is -2.34. The summed E-state index contributed by atoms with van der Waals surface area (Å²) in [6.45, 7) is 4.38. The minimum atomic E-state index is 0.768. The van der Waals surface area contributed by atoms with Crippen LogP contribution < -0.4 is 5.32 Å². The number of rotatable bonds is 4. The van der Waals surface area contributed by atoms with Crippen LogP contribution in [0, 0.1) is 5.92 Å². The van der Waals surface area contributed by atoms with Crippen LogP contribution in [0.4, 0.5) is 0 Å². The Morgan fingerprint density at radius 1 is 1.47 bits per heavy atom. The number of aromatic nitrogens is 1. The monoisotopic (exact) mass is 253 g/mol. The first-order valence-corrected chi connectivity index (χ1v) is 6.61. The molecule has 1 aromatic rings. The molecule has 0 atom stereocenters. The summed E-state index contributed by atoms with van der Waals surface area (Å²) in [5, 5.41) is 4.17.